The van der Waals surface area contributed by atoms with Crippen molar-refractivity contribution in [2.24, 2.45) is 5.16 Å². The van der Waals surface area contributed by atoms with E-state index in [0.29, 0.717) is 0 Å². The number of hydrogen-bond acceptors (Lipinski definition) is 16. The number of rotatable bonds is 11. The van der Waals surface area contributed by atoms with Gasteiger partial charge in [-0.25, -0.2) is 9.59 Å². The van der Waals surface area contributed by atoms with Gasteiger partial charge in [0.25, 0.3) is 17.4 Å². The summed E-state index contributed by atoms with van der Waals surface area (Å²) in [6.07, 6.45) is 0. The molecule has 1 saturated heterocycles. The molecule has 0 spiro atoms. The first-order valence-corrected chi connectivity index (χ1v) is 13.9. The molecule has 4 rings (SSSR count). The van der Waals surface area contributed by atoms with Crippen molar-refractivity contribution in [3.63, 3.8) is 0 Å². The fraction of sp³-hybridized carbons (Fsp3) is 0.278. The molecule has 1 unspecified atom stereocenters. The largest absolute Gasteiger partial charge is 1.00 e. The quantitative estimate of drug-likeness (QED) is 0.0505. The number of aromatic carboxylic acids is 1. The maximum Gasteiger partial charge on any atom is 1.00 e. The number of aromatic amines is 1. The van der Waals surface area contributed by atoms with Crippen LogP contribution in [-0.2, 0) is 24.0 Å². The number of fused-ring (bicyclic) bond motifs is 1. The van der Waals surface area contributed by atoms with Crippen LogP contribution in [0.5, 0.6) is 0 Å². The molecule has 22 heteroatoms. The van der Waals surface area contributed by atoms with Gasteiger partial charge < -0.3 is 36.0 Å². The average molecular weight is 640 g/mol. The summed E-state index contributed by atoms with van der Waals surface area (Å²) >= 11 is 3.57. The van der Waals surface area contributed by atoms with Gasteiger partial charge in [0.1, 0.15) is 11.4 Å². The van der Waals surface area contributed by atoms with Gasteiger partial charge in [-0.05, 0) is 5.57 Å². The van der Waals surface area contributed by atoms with E-state index in [2.05, 4.69) is 29.0 Å². The third-order valence-electron chi connectivity index (χ3n) is 5.00. The molecule has 4 heterocycles. The Balaban J connectivity index is 0.00000441. The zero-order chi connectivity index (χ0) is 28.4. The van der Waals surface area contributed by atoms with Crippen molar-refractivity contribution in [3.8, 4) is 0 Å². The summed E-state index contributed by atoms with van der Waals surface area (Å²) in [5.41, 5.74) is 3.55. The van der Waals surface area contributed by atoms with E-state index in [1.54, 1.807) is 0 Å². The molecule has 1 fully saturated rings. The molecule has 0 aromatic carbocycles. The first kappa shape index (κ1) is 31.6. The predicted octanol–water partition coefficient (Wildman–Crippen LogP) is -5.43. The number of carbonyl (C=O) groups is 5. The van der Waals surface area contributed by atoms with Gasteiger partial charge in [0.15, 0.2) is 10.7 Å². The van der Waals surface area contributed by atoms with Crippen LogP contribution in [0, 0.1) is 0 Å². The summed E-state index contributed by atoms with van der Waals surface area (Å²) in [6.45, 7) is -0.876. The zero-order valence-corrected chi connectivity index (χ0v) is 25.2. The maximum atomic E-state index is 12.9. The van der Waals surface area contributed by atoms with Gasteiger partial charge in [-0.1, -0.05) is 16.7 Å². The van der Waals surface area contributed by atoms with Crippen molar-refractivity contribution in [2.45, 2.75) is 15.6 Å². The predicted molar refractivity (Wildman–Crippen MR) is 134 cm³/mol. The van der Waals surface area contributed by atoms with Crippen LogP contribution in [0.1, 0.15) is 16.2 Å². The van der Waals surface area contributed by atoms with Gasteiger partial charge in [0.05, 0.1) is 15.9 Å². The van der Waals surface area contributed by atoms with Crippen LogP contribution in [-0.4, -0.2) is 93.8 Å². The van der Waals surface area contributed by atoms with E-state index in [-0.39, 0.29) is 61.8 Å². The van der Waals surface area contributed by atoms with Gasteiger partial charge in [-0.15, -0.1) is 23.5 Å². The molecular formula is C18H14N7NaO10S4. The Bertz CT molecular complexity index is 1500. The van der Waals surface area contributed by atoms with E-state index < -0.39 is 70.3 Å². The van der Waals surface area contributed by atoms with E-state index in [4.69, 9.17) is 10.8 Å². The van der Waals surface area contributed by atoms with Crippen LogP contribution in [0.2, 0.25) is 0 Å². The van der Waals surface area contributed by atoms with Crippen LogP contribution in [0.4, 0.5) is 5.13 Å². The molecule has 2 aromatic rings. The number of anilines is 1. The molecule has 0 bridgehead atoms. The topological polar surface area (TPSA) is 270 Å². The average Bonchev–Trinajstić information content (AvgIpc) is 3.47. The van der Waals surface area contributed by atoms with Crippen molar-refractivity contribution >= 4 is 87.2 Å². The second-order valence-corrected chi connectivity index (χ2v) is 11.4. The third-order valence-corrected chi connectivity index (χ3v) is 9.12. The number of carbonyl (C=O) groups excluding carboxylic acids is 3. The molecule has 2 atom stereocenters. The zero-order valence-electron chi connectivity index (χ0n) is 19.9. The normalized spacial score (nSPS) is 18.4. The molecule has 2 aromatic heterocycles. The summed E-state index contributed by atoms with van der Waals surface area (Å²) in [5.74, 6) is -6.47. The van der Waals surface area contributed by atoms with Gasteiger partial charge in [-0.3, -0.25) is 23.7 Å². The maximum absolute atomic E-state index is 12.9. The minimum atomic E-state index is -1.65. The number of H-pyrrole nitrogens is 1. The summed E-state index contributed by atoms with van der Waals surface area (Å²) in [4.78, 5) is 80.9. The van der Waals surface area contributed by atoms with E-state index in [9.17, 15) is 39.0 Å². The Kier molecular flexibility index (Phi) is 10.4. The minimum absolute atomic E-state index is 0. The summed E-state index contributed by atoms with van der Waals surface area (Å²) in [5, 5.41) is 34.9. The summed E-state index contributed by atoms with van der Waals surface area (Å²) < 4.78 is 6.27. The van der Waals surface area contributed by atoms with E-state index >= 15 is 0 Å². The number of aliphatic carboxylic acids is 2. The SMILES string of the molecule is Nc1nc(/C(=N\OCC(=O)O)C(=O)NC2C(=O)N3C(C(=O)[O-])=C(CSc4s[nH]c(=O)c4C(=O)O)CS[C@H]23)ns1.[Na+]. The number of carboxylic acids is 3. The number of nitrogens with two attached hydrogens (primary N) is 1. The van der Waals surface area contributed by atoms with Crippen molar-refractivity contribution in [3.05, 3.63) is 33.0 Å². The van der Waals surface area contributed by atoms with Crippen molar-refractivity contribution < 1.29 is 73.7 Å². The fourth-order valence-electron chi connectivity index (χ4n) is 3.39. The number of oxime groups is 1. The number of β-lactam (4-membered cyclic amide) rings is 1. The number of thioether (sulfide) groups is 2. The van der Waals surface area contributed by atoms with Crippen molar-refractivity contribution in [1.82, 2.24) is 23.9 Å². The van der Waals surface area contributed by atoms with Crippen LogP contribution in [0.15, 0.2) is 25.4 Å². The Labute approximate surface area is 260 Å². The number of aromatic nitrogens is 3. The number of nitrogen functional groups attached to an aromatic ring is 1. The standard InChI is InChI=1S/C18H15N7O10S4.Na/c19-18-21-10(23-39-18)7(22-35-1-5(26)27)12(29)20-8-13(30)25-9(16(33)34)4(2-36-14(8)25)3-37-17-6(15(31)32)11(28)24-38-17;/h8,14H,1-3H2,(H,20,29)(H,24,28)(H,26,27)(H,31,32)(H,33,34)(H2,19,21,23);/q;+1/p-1/b22-7+;/t8?,14-;/m1./s1. The molecule has 17 nitrogen and oxygen atoms in total. The Hall–Kier alpha value is -2.95. The molecule has 206 valence electrons. The summed E-state index contributed by atoms with van der Waals surface area (Å²) in [7, 11) is 0. The molecule has 2 aliphatic heterocycles. The number of carboxylic acid groups (broad SMARTS) is 3. The first-order chi connectivity index (χ1) is 18.5. The molecule has 40 heavy (non-hydrogen) atoms. The van der Waals surface area contributed by atoms with Crippen LogP contribution >= 0.6 is 46.6 Å². The third kappa shape index (κ3) is 6.50. The molecule has 2 amide bonds. The smallest absolute Gasteiger partial charge is 0.543 e. The monoisotopic (exact) mass is 639 g/mol. The van der Waals surface area contributed by atoms with E-state index in [1.807, 2.05) is 0 Å². The number of nitrogens with one attached hydrogen (secondary N) is 2. The van der Waals surface area contributed by atoms with Crippen LogP contribution in [0.25, 0.3) is 0 Å². The second-order valence-electron chi connectivity index (χ2n) is 7.45. The molecule has 2 aliphatic rings. The Morgan fingerprint density at radius 3 is 2.62 bits per heavy atom. The molecule has 0 radical (unpaired) electrons. The molecule has 0 aliphatic carbocycles. The van der Waals surface area contributed by atoms with E-state index in [1.165, 1.54) is 0 Å². The molecule has 0 saturated carbocycles. The van der Waals surface area contributed by atoms with Crippen LogP contribution < -0.4 is 51.3 Å². The fourth-order valence-corrected chi connectivity index (χ4v) is 7.27. The van der Waals surface area contributed by atoms with Gasteiger partial charge in [-0.2, -0.15) is 9.36 Å². The Morgan fingerprint density at radius 2 is 2.02 bits per heavy atom. The molecular weight excluding hydrogens is 625 g/mol. The summed E-state index contributed by atoms with van der Waals surface area (Å²) in [6, 6.07) is -1.19. The minimum Gasteiger partial charge on any atom is -0.543 e. The number of amides is 2. The van der Waals surface area contributed by atoms with Gasteiger partial charge in [0, 0.05) is 23.0 Å². The second kappa shape index (κ2) is 13.1. The van der Waals surface area contributed by atoms with Gasteiger partial charge in [0.2, 0.25) is 18.1 Å². The Morgan fingerprint density at radius 1 is 1.30 bits per heavy atom. The first-order valence-electron chi connectivity index (χ1n) is 10.3. The number of nitrogens with zero attached hydrogens (tertiary/aromatic N) is 4. The molecule has 6 N–H and O–H groups in total. The van der Waals surface area contributed by atoms with Crippen LogP contribution in [0.3, 0.4) is 0 Å². The van der Waals surface area contributed by atoms with Gasteiger partial charge >= 0.3 is 41.5 Å². The van der Waals surface area contributed by atoms with Crippen molar-refractivity contribution in [1.29, 1.82) is 0 Å². The van der Waals surface area contributed by atoms with E-state index in [0.717, 1.165) is 51.5 Å². The number of hydrogen-bond donors (Lipinski definition) is 5. The van der Waals surface area contributed by atoms with Crippen molar-refractivity contribution in [2.75, 3.05) is 23.8 Å².